The van der Waals surface area contributed by atoms with E-state index in [2.05, 4.69) is 268 Å². The molecule has 0 aliphatic carbocycles. The summed E-state index contributed by atoms with van der Waals surface area (Å²) in [6.07, 6.45) is 0. The molecule has 0 saturated heterocycles. The number of hydrogen-bond donors (Lipinski definition) is 0. The molecule has 0 fully saturated rings. The van der Waals surface area contributed by atoms with Crippen LogP contribution in [0.4, 0.5) is 34.1 Å². The van der Waals surface area contributed by atoms with Crippen molar-refractivity contribution in [2.24, 2.45) is 0 Å². The maximum Gasteiger partial charge on any atom is 0.227 e. The van der Waals surface area contributed by atoms with Crippen molar-refractivity contribution in [1.82, 2.24) is 14.1 Å². The van der Waals surface area contributed by atoms with Crippen LogP contribution >= 0.6 is 0 Å². The van der Waals surface area contributed by atoms with Crippen LogP contribution in [0.3, 0.4) is 0 Å². The van der Waals surface area contributed by atoms with Crippen LogP contribution in [0.1, 0.15) is 0 Å². The van der Waals surface area contributed by atoms with E-state index in [0.29, 0.717) is 11.5 Å². The number of fused-ring (bicyclic) bond motifs is 7. The lowest BCUT2D eigenvalue weighted by Gasteiger charge is -2.25. The molecular formula is C61H41N5O. The molecule has 0 aliphatic heterocycles. The molecule has 13 rings (SSSR count). The highest BCUT2D eigenvalue weighted by molar-refractivity contribution is 6.12. The Kier molecular flexibility index (Phi) is 9.06. The Balaban J connectivity index is 0.869. The first-order chi connectivity index (χ1) is 33.2. The zero-order chi connectivity index (χ0) is 44.3. The van der Waals surface area contributed by atoms with Gasteiger partial charge < -0.3 is 23.4 Å². The van der Waals surface area contributed by atoms with Crippen molar-refractivity contribution in [2.75, 3.05) is 9.80 Å². The van der Waals surface area contributed by atoms with E-state index in [1.165, 1.54) is 38.1 Å². The molecule has 316 valence electrons. The fourth-order valence-electron chi connectivity index (χ4n) is 9.89. The van der Waals surface area contributed by atoms with Gasteiger partial charge in [-0.25, -0.2) is 4.98 Å². The van der Waals surface area contributed by atoms with E-state index in [4.69, 9.17) is 9.40 Å². The lowest BCUT2D eigenvalue weighted by Crippen LogP contribution is -2.09. The molecule has 0 radical (unpaired) electrons. The molecule has 0 saturated carbocycles. The largest absolute Gasteiger partial charge is 0.436 e. The molecule has 6 nitrogen and oxygen atoms in total. The first kappa shape index (κ1) is 38.3. The van der Waals surface area contributed by atoms with Crippen molar-refractivity contribution < 1.29 is 4.42 Å². The van der Waals surface area contributed by atoms with Crippen molar-refractivity contribution in [3.63, 3.8) is 0 Å². The first-order valence-electron chi connectivity index (χ1n) is 22.6. The summed E-state index contributed by atoms with van der Waals surface area (Å²) in [4.78, 5) is 9.61. The SMILES string of the molecule is c1ccc(N(c2ccc(-c3nc4ccc(N(c5ccccc5)c5ccc6c(c5)c5ccccc5n6-c5ccccc5)cc4o3)cc2)c2ccc3c(c2)c2ccccc2n3-c2ccccc2)cc1. The number of nitrogens with zero attached hydrogens (tertiary/aromatic N) is 5. The molecule has 0 aliphatic rings. The molecular weight excluding hydrogens is 819 g/mol. The lowest BCUT2D eigenvalue weighted by molar-refractivity contribution is 0.620. The second-order valence-electron chi connectivity index (χ2n) is 16.8. The molecule has 0 N–H and O–H groups in total. The summed E-state index contributed by atoms with van der Waals surface area (Å²) < 4.78 is 11.3. The average molecular weight is 860 g/mol. The van der Waals surface area contributed by atoms with E-state index in [9.17, 15) is 0 Å². The summed E-state index contributed by atoms with van der Waals surface area (Å²) >= 11 is 0. The highest BCUT2D eigenvalue weighted by atomic mass is 16.3. The van der Waals surface area contributed by atoms with Crippen molar-refractivity contribution in [3.8, 4) is 22.8 Å². The molecule has 3 heterocycles. The summed E-state index contributed by atoms with van der Waals surface area (Å²) in [5, 5.41) is 4.80. The van der Waals surface area contributed by atoms with Gasteiger partial charge in [-0.05, 0) is 133 Å². The van der Waals surface area contributed by atoms with Gasteiger partial charge in [0.25, 0.3) is 0 Å². The van der Waals surface area contributed by atoms with Crippen molar-refractivity contribution in [3.05, 3.63) is 249 Å². The maximum atomic E-state index is 6.64. The number of hydrogen-bond acceptors (Lipinski definition) is 4. The summed E-state index contributed by atoms with van der Waals surface area (Å²) in [7, 11) is 0. The van der Waals surface area contributed by atoms with Gasteiger partial charge in [0.2, 0.25) is 5.89 Å². The fourth-order valence-corrected chi connectivity index (χ4v) is 9.89. The van der Waals surface area contributed by atoms with Gasteiger partial charge in [-0.1, -0.05) is 109 Å². The molecule has 10 aromatic carbocycles. The average Bonchev–Trinajstić information content (AvgIpc) is 4.08. The number of oxazole rings is 1. The van der Waals surface area contributed by atoms with E-state index in [-0.39, 0.29) is 0 Å². The molecule has 0 bridgehead atoms. The lowest BCUT2D eigenvalue weighted by atomic mass is 10.1. The van der Waals surface area contributed by atoms with Gasteiger partial charge in [-0.3, -0.25) is 0 Å². The highest BCUT2D eigenvalue weighted by Crippen LogP contribution is 2.43. The molecule has 67 heavy (non-hydrogen) atoms. The first-order valence-corrected chi connectivity index (χ1v) is 22.6. The monoisotopic (exact) mass is 859 g/mol. The van der Waals surface area contributed by atoms with E-state index < -0.39 is 0 Å². The van der Waals surface area contributed by atoms with Gasteiger partial charge >= 0.3 is 0 Å². The molecule has 0 atom stereocenters. The second-order valence-corrected chi connectivity index (χ2v) is 16.8. The zero-order valence-corrected chi connectivity index (χ0v) is 36.3. The van der Waals surface area contributed by atoms with Crippen LogP contribution in [0.25, 0.3) is 77.5 Å². The number of benzene rings is 10. The van der Waals surface area contributed by atoms with Gasteiger partial charge in [0.05, 0.1) is 22.1 Å². The predicted molar refractivity (Wildman–Crippen MR) is 277 cm³/mol. The molecule has 0 spiro atoms. The van der Waals surface area contributed by atoms with Crippen LogP contribution in [-0.4, -0.2) is 14.1 Å². The minimum atomic E-state index is 0.571. The third kappa shape index (κ3) is 6.53. The molecule has 0 unspecified atom stereocenters. The molecule has 0 amide bonds. The van der Waals surface area contributed by atoms with Gasteiger partial charge in [0.1, 0.15) is 5.52 Å². The van der Waals surface area contributed by atoms with Crippen molar-refractivity contribution >= 4 is 88.8 Å². The normalized spacial score (nSPS) is 11.6. The standard InChI is InChI=1S/C61H41N5O/c1-5-17-43(18-6-1)63(48-34-37-58-53(39-48)51-25-13-15-27-56(51)65(58)45-21-9-3-10-22-45)47-31-29-42(30-32-47)61-62-55-36-33-50(41-60(55)67-61)64(44-19-7-2-8-20-44)49-35-38-59-54(40-49)52-26-14-16-28-57(52)66(59)46-23-11-4-12-24-46/h1-41H. The van der Waals surface area contributed by atoms with Crippen molar-refractivity contribution in [2.45, 2.75) is 0 Å². The fraction of sp³-hybridized carbons (Fsp3) is 0. The Morgan fingerprint density at radius 3 is 1.22 bits per heavy atom. The quantitative estimate of drug-likeness (QED) is 0.145. The van der Waals surface area contributed by atoms with Crippen LogP contribution in [0.2, 0.25) is 0 Å². The van der Waals surface area contributed by atoms with Gasteiger partial charge in [0, 0.05) is 78.7 Å². The van der Waals surface area contributed by atoms with E-state index in [1.54, 1.807) is 0 Å². The highest BCUT2D eigenvalue weighted by Gasteiger charge is 2.21. The van der Waals surface area contributed by atoms with Crippen LogP contribution in [-0.2, 0) is 0 Å². The van der Waals surface area contributed by atoms with Crippen LogP contribution < -0.4 is 9.80 Å². The zero-order valence-electron chi connectivity index (χ0n) is 36.3. The van der Waals surface area contributed by atoms with Crippen LogP contribution in [0.5, 0.6) is 0 Å². The Morgan fingerprint density at radius 2 is 0.701 bits per heavy atom. The van der Waals surface area contributed by atoms with Gasteiger partial charge in [-0.2, -0.15) is 0 Å². The summed E-state index contributed by atoms with van der Waals surface area (Å²) in [6, 6.07) is 87.9. The van der Waals surface area contributed by atoms with Crippen LogP contribution in [0.15, 0.2) is 253 Å². The number of aromatic nitrogens is 3. The molecule has 6 heteroatoms. The summed E-state index contributed by atoms with van der Waals surface area (Å²) in [6.45, 7) is 0. The Morgan fingerprint density at radius 1 is 0.313 bits per heavy atom. The Labute approximate surface area is 387 Å². The van der Waals surface area contributed by atoms with Gasteiger partial charge in [0.15, 0.2) is 5.58 Å². The maximum absolute atomic E-state index is 6.64. The van der Waals surface area contributed by atoms with E-state index >= 15 is 0 Å². The second kappa shape index (κ2) is 15.8. The third-order valence-corrected chi connectivity index (χ3v) is 12.9. The molecule has 13 aromatic rings. The minimum absolute atomic E-state index is 0.571. The number of rotatable bonds is 9. The van der Waals surface area contributed by atoms with E-state index in [0.717, 1.165) is 62.1 Å². The summed E-state index contributed by atoms with van der Waals surface area (Å²) in [5.41, 5.74) is 15.6. The third-order valence-electron chi connectivity index (χ3n) is 12.9. The van der Waals surface area contributed by atoms with E-state index in [1.807, 2.05) is 0 Å². The predicted octanol–water partition coefficient (Wildman–Crippen LogP) is 16.6. The number of para-hydroxylation sites is 6. The minimum Gasteiger partial charge on any atom is -0.436 e. The smallest absolute Gasteiger partial charge is 0.227 e. The molecule has 3 aromatic heterocycles. The topological polar surface area (TPSA) is 42.4 Å². The van der Waals surface area contributed by atoms with Gasteiger partial charge in [-0.15, -0.1) is 0 Å². The Hall–Kier alpha value is -9.13. The Bertz CT molecular complexity index is 3910. The van der Waals surface area contributed by atoms with Crippen molar-refractivity contribution in [1.29, 1.82) is 0 Å². The van der Waals surface area contributed by atoms with Crippen LogP contribution in [0, 0.1) is 0 Å². The number of anilines is 6. The summed E-state index contributed by atoms with van der Waals surface area (Å²) in [5.74, 6) is 0.571.